The first-order valence-electron chi connectivity index (χ1n) is 4.62. The quantitative estimate of drug-likeness (QED) is 0.723. The molecule has 15 heavy (non-hydrogen) atoms. The summed E-state index contributed by atoms with van der Waals surface area (Å²) in [6.45, 7) is 0.513. The summed E-state index contributed by atoms with van der Waals surface area (Å²) in [7, 11) is 0. The van der Waals surface area contributed by atoms with Crippen molar-refractivity contribution in [1.29, 1.82) is 0 Å². The molecule has 0 saturated heterocycles. The summed E-state index contributed by atoms with van der Waals surface area (Å²) in [5.74, 6) is -0.0420. The molecule has 0 spiro atoms. The molecule has 1 aromatic rings. The van der Waals surface area contributed by atoms with Crippen LogP contribution in [-0.2, 0) is 11.3 Å². The van der Waals surface area contributed by atoms with E-state index >= 15 is 0 Å². The van der Waals surface area contributed by atoms with Gasteiger partial charge in [-0.15, -0.1) is 0 Å². The zero-order chi connectivity index (χ0) is 11.1. The van der Waals surface area contributed by atoms with Gasteiger partial charge in [-0.25, -0.2) is 0 Å². The van der Waals surface area contributed by atoms with E-state index in [9.17, 15) is 4.79 Å². The van der Waals surface area contributed by atoms with Crippen molar-refractivity contribution in [2.24, 2.45) is 5.73 Å². The molecular weight excluding hydrogens is 210 g/mol. The number of hydrogen-bond acceptors (Lipinski definition) is 3. The van der Waals surface area contributed by atoms with Crippen molar-refractivity contribution >= 4 is 23.1 Å². The number of nitrogens with two attached hydrogens (primary N) is 1. The lowest BCUT2D eigenvalue weighted by Crippen LogP contribution is -2.24. The number of aromatic nitrogens is 1. The largest absolute Gasteiger partial charge is 0.393 e. The fourth-order valence-electron chi connectivity index (χ4n) is 1.03. The Kier molecular flexibility index (Phi) is 4.70. The lowest BCUT2D eigenvalue weighted by molar-refractivity contribution is -0.121. The Labute approximate surface area is 93.9 Å². The van der Waals surface area contributed by atoms with Gasteiger partial charge in [0.1, 0.15) is 0 Å². The second kappa shape index (κ2) is 6.08. The minimum absolute atomic E-state index is 0.0420. The molecule has 0 aliphatic rings. The van der Waals surface area contributed by atoms with E-state index in [-0.39, 0.29) is 5.91 Å². The molecule has 0 aliphatic carbocycles. The molecule has 1 rings (SSSR count). The maximum atomic E-state index is 11.3. The summed E-state index contributed by atoms with van der Waals surface area (Å²) in [5.41, 5.74) is 6.31. The third kappa shape index (κ3) is 5.07. The highest BCUT2D eigenvalue weighted by Crippen LogP contribution is 1.96. The van der Waals surface area contributed by atoms with Crippen LogP contribution < -0.4 is 11.1 Å². The Balaban J connectivity index is 2.26. The van der Waals surface area contributed by atoms with E-state index in [1.165, 1.54) is 0 Å². The van der Waals surface area contributed by atoms with E-state index in [0.29, 0.717) is 24.4 Å². The Hall–Kier alpha value is -1.49. The van der Waals surface area contributed by atoms with Gasteiger partial charge in [0.15, 0.2) is 0 Å². The predicted octanol–water partition coefficient (Wildman–Crippen LogP) is 0.764. The number of hydrogen-bond donors (Lipinski definition) is 2. The monoisotopic (exact) mass is 223 g/mol. The molecule has 0 unspecified atom stereocenters. The second-order valence-electron chi connectivity index (χ2n) is 3.10. The summed E-state index contributed by atoms with van der Waals surface area (Å²) < 4.78 is 0. The third-order valence-electron chi connectivity index (χ3n) is 1.84. The molecule has 3 N–H and O–H groups in total. The molecule has 4 nitrogen and oxygen atoms in total. The van der Waals surface area contributed by atoms with Gasteiger partial charge in [0.05, 0.1) is 4.99 Å². The minimum atomic E-state index is -0.0420. The normalized spacial score (nSPS) is 9.60. The molecule has 0 atom stereocenters. The van der Waals surface area contributed by atoms with Crippen LogP contribution in [0.1, 0.15) is 18.4 Å². The van der Waals surface area contributed by atoms with Crippen LogP contribution in [0.3, 0.4) is 0 Å². The number of carbonyl (C=O) groups excluding carboxylic acids is 1. The van der Waals surface area contributed by atoms with Gasteiger partial charge in [0.25, 0.3) is 0 Å². The van der Waals surface area contributed by atoms with Gasteiger partial charge in [-0.2, -0.15) is 0 Å². The number of thiocarbonyl (C=S) groups is 1. The van der Waals surface area contributed by atoms with Crippen molar-refractivity contribution in [2.75, 3.05) is 0 Å². The average molecular weight is 223 g/mol. The SMILES string of the molecule is NC(=S)CCC(=O)NCc1ccncc1. The molecule has 0 aliphatic heterocycles. The first-order valence-corrected chi connectivity index (χ1v) is 5.03. The van der Waals surface area contributed by atoms with Crippen LogP contribution >= 0.6 is 12.2 Å². The lowest BCUT2D eigenvalue weighted by Gasteiger charge is -2.04. The molecule has 0 saturated carbocycles. The Morgan fingerprint density at radius 1 is 1.40 bits per heavy atom. The number of carbonyl (C=O) groups is 1. The minimum Gasteiger partial charge on any atom is -0.393 e. The molecule has 0 radical (unpaired) electrons. The van der Waals surface area contributed by atoms with Gasteiger partial charge in [-0.1, -0.05) is 12.2 Å². The van der Waals surface area contributed by atoms with Crippen LogP contribution in [0.15, 0.2) is 24.5 Å². The summed E-state index contributed by atoms with van der Waals surface area (Å²) in [6.07, 6.45) is 4.19. The summed E-state index contributed by atoms with van der Waals surface area (Å²) in [4.78, 5) is 15.5. The van der Waals surface area contributed by atoms with Gasteiger partial charge in [0.2, 0.25) is 5.91 Å². The fourth-order valence-corrected chi connectivity index (χ4v) is 1.13. The van der Waals surface area contributed by atoms with E-state index in [2.05, 4.69) is 22.5 Å². The fraction of sp³-hybridized carbons (Fsp3) is 0.300. The van der Waals surface area contributed by atoms with Crippen LogP contribution in [-0.4, -0.2) is 15.9 Å². The smallest absolute Gasteiger partial charge is 0.220 e. The standard InChI is InChI=1S/C10H13N3OS/c11-9(15)1-2-10(14)13-7-8-3-5-12-6-4-8/h3-6H,1-2,7H2,(H2,11,15)(H,13,14). The van der Waals surface area contributed by atoms with Crippen LogP contribution in [0.5, 0.6) is 0 Å². The topological polar surface area (TPSA) is 68.0 Å². The first kappa shape index (κ1) is 11.6. The highest BCUT2D eigenvalue weighted by Gasteiger charge is 2.01. The van der Waals surface area contributed by atoms with Gasteiger partial charge >= 0.3 is 0 Å². The number of nitrogens with one attached hydrogen (secondary N) is 1. The molecule has 5 heteroatoms. The van der Waals surface area contributed by atoms with Gasteiger partial charge in [0, 0.05) is 31.8 Å². The van der Waals surface area contributed by atoms with Crippen molar-refractivity contribution in [3.05, 3.63) is 30.1 Å². The second-order valence-corrected chi connectivity index (χ2v) is 3.62. The van der Waals surface area contributed by atoms with Crippen molar-refractivity contribution in [2.45, 2.75) is 19.4 Å². The van der Waals surface area contributed by atoms with Crippen molar-refractivity contribution < 1.29 is 4.79 Å². The predicted molar refractivity (Wildman–Crippen MR) is 62.1 cm³/mol. The zero-order valence-corrected chi connectivity index (χ0v) is 9.09. The van der Waals surface area contributed by atoms with Gasteiger partial charge in [-0.05, 0) is 17.7 Å². The van der Waals surface area contributed by atoms with Crippen LogP contribution in [0, 0.1) is 0 Å². The maximum absolute atomic E-state index is 11.3. The number of amides is 1. The molecular formula is C10H13N3OS. The third-order valence-corrected chi connectivity index (χ3v) is 2.04. The molecule has 1 heterocycles. The van der Waals surface area contributed by atoms with Crippen molar-refractivity contribution in [3.8, 4) is 0 Å². The average Bonchev–Trinajstić information content (AvgIpc) is 2.25. The van der Waals surface area contributed by atoms with Crippen molar-refractivity contribution in [1.82, 2.24) is 10.3 Å². The first-order chi connectivity index (χ1) is 7.18. The molecule has 1 aromatic heterocycles. The summed E-state index contributed by atoms with van der Waals surface area (Å²) >= 11 is 4.68. The van der Waals surface area contributed by atoms with Crippen molar-refractivity contribution in [3.63, 3.8) is 0 Å². The molecule has 0 aromatic carbocycles. The molecule has 80 valence electrons. The summed E-state index contributed by atoms with van der Waals surface area (Å²) in [6, 6.07) is 3.71. The van der Waals surface area contributed by atoms with E-state index in [1.807, 2.05) is 12.1 Å². The lowest BCUT2D eigenvalue weighted by atomic mass is 10.2. The Bertz CT molecular complexity index is 340. The van der Waals surface area contributed by atoms with E-state index < -0.39 is 0 Å². The van der Waals surface area contributed by atoms with Gasteiger partial charge < -0.3 is 11.1 Å². The maximum Gasteiger partial charge on any atom is 0.220 e. The van der Waals surface area contributed by atoms with Crippen LogP contribution in [0.4, 0.5) is 0 Å². The number of rotatable bonds is 5. The highest BCUT2D eigenvalue weighted by atomic mass is 32.1. The summed E-state index contributed by atoms with van der Waals surface area (Å²) in [5, 5.41) is 2.77. The van der Waals surface area contributed by atoms with Gasteiger partial charge in [-0.3, -0.25) is 9.78 Å². The van der Waals surface area contributed by atoms with E-state index in [4.69, 9.17) is 5.73 Å². The van der Waals surface area contributed by atoms with E-state index in [1.54, 1.807) is 12.4 Å². The number of nitrogens with zero attached hydrogens (tertiary/aromatic N) is 1. The Morgan fingerprint density at radius 3 is 2.67 bits per heavy atom. The molecule has 0 fully saturated rings. The van der Waals surface area contributed by atoms with Crippen LogP contribution in [0.25, 0.3) is 0 Å². The molecule has 0 bridgehead atoms. The number of pyridine rings is 1. The molecule has 1 amide bonds. The Morgan fingerprint density at radius 2 is 2.07 bits per heavy atom. The highest BCUT2D eigenvalue weighted by molar-refractivity contribution is 7.80. The van der Waals surface area contributed by atoms with Crippen LogP contribution in [0.2, 0.25) is 0 Å². The zero-order valence-electron chi connectivity index (χ0n) is 8.27. The van der Waals surface area contributed by atoms with E-state index in [0.717, 1.165) is 5.56 Å².